The summed E-state index contributed by atoms with van der Waals surface area (Å²) >= 11 is 6.25. The number of fused-ring (bicyclic) bond motifs is 1. The number of hydrogen-bond acceptors (Lipinski definition) is 6. The van der Waals surface area contributed by atoms with E-state index in [0.29, 0.717) is 27.7 Å². The van der Waals surface area contributed by atoms with Gasteiger partial charge < -0.3 is 15.1 Å². The fraction of sp³-hybridized carbons (Fsp3) is 0.250. The molecule has 8 nitrogen and oxygen atoms in total. The number of ether oxygens (including phenoxy) is 1. The number of halogens is 1. The van der Waals surface area contributed by atoms with Crippen LogP contribution in [0, 0.1) is 0 Å². The first kappa shape index (κ1) is 19.2. The second-order valence-electron chi connectivity index (χ2n) is 7.01. The van der Waals surface area contributed by atoms with Gasteiger partial charge in [-0.05, 0) is 38.1 Å². The first-order valence-corrected chi connectivity index (χ1v) is 9.56. The largest absolute Gasteiger partial charge is 0.491 e. The minimum absolute atomic E-state index is 0.000866. The lowest BCUT2D eigenvalue weighted by atomic mass is 10.0. The number of hydrogen-bond donors (Lipinski definition) is 2. The Bertz CT molecular complexity index is 1090. The van der Waals surface area contributed by atoms with E-state index in [9.17, 15) is 4.79 Å². The number of rotatable bonds is 5. The monoisotopic (exact) mass is 412 g/mol. The predicted octanol–water partition coefficient (Wildman–Crippen LogP) is 2.93. The first-order chi connectivity index (χ1) is 13.9. The Balaban J connectivity index is 1.64. The van der Waals surface area contributed by atoms with Gasteiger partial charge in [-0.1, -0.05) is 11.6 Å². The molecule has 1 amide bonds. The molecule has 2 N–H and O–H groups in total. The van der Waals surface area contributed by atoms with E-state index in [0.717, 1.165) is 5.56 Å². The summed E-state index contributed by atoms with van der Waals surface area (Å²) < 4.78 is 7.51. The molecule has 0 saturated heterocycles. The van der Waals surface area contributed by atoms with E-state index >= 15 is 0 Å². The third kappa shape index (κ3) is 3.90. The van der Waals surface area contributed by atoms with Crippen molar-refractivity contribution in [1.82, 2.24) is 30.3 Å². The number of carbonyl (C=O) groups excluding carboxylic acids is 1. The van der Waals surface area contributed by atoms with Crippen LogP contribution < -0.4 is 15.5 Å². The van der Waals surface area contributed by atoms with Gasteiger partial charge in [0, 0.05) is 36.2 Å². The van der Waals surface area contributed by atoms with Crippen LogP contribution in [0.5, 0.6) is 5.75 Å². The molecule has 3 heterocycles. The smallest absolute Gasteiger partial charge is 0.261 e. The molecule has 4 rings (SSSR count). The van der Waals surface area contributed by atoms with Crippen LogP contribution in [0.3, 0.4) is 0 Å². The average molecular weight is 413 g/mol. The number of carbonyl (C=O) groups is 1. The molecule has 1 aliphatic heterocycles. The van der Waals surface area contributed by atoms with Crippen LogP contribution in [0.1, 0.15) is 35.8 Å². The maximum absolute atomic E-state index is 12.9. The molecule has 1 aliphatic rings. The van der Waals surface area contributed by atoms with E-state index in [1.54, 1.807) is 34.1 Å². The Morgan fingerprint density at radius 1 is 1.38 bits per heavy atom. The standard InChI is InChI=1S/C20H21ClN6O2/c1-12(2)29-17-6-5-13(21)9-14(17)18-16(11-26(3)25-18)24-20(28)15-10-23-27-8-4-7-22-19(15)27/h4-12,18,25H,1-3H3,(H,24,28). The summed E-state index contributed by atoms with van der Waals surface area (Å²) in [6.45, 7) is 3.92. The zero-order valence-electron chi connectivity index (χ0n) is 16.3. The van der Waals surface area contributed by atoms with Crippen LogP contribution >= 0.6 is 11.6 Å². The minimum atomic E-state index is -0.328. The van der Waals surface area contributed by atoms with Gasteiger partial charge in [0.2, 0.25) is 0 Å². The number of nitrogens with zero attached hydrogens (tertiary/aromatic N) is 4. The van der Waals surface area contributed by atoms with Crippen LogP contribution in [0.15, 0.2) is 54.8 Å². The van der Waals surface area contributed by atoms with Crippen LogP contribution in [-0.4, -0.2) is 38.7 Å². The molecule has 150 valence electrons. The van der Waals surface area contributed by atoms with E-state index in [1.807, 2.05) is 39.2 Å². The highest BCUT2D eigenvalue weighted by Gasteiger charge is 2.29. The first-order valence-electron chi connectivity index (χ1n) is 9.19. The molecule has 1 aromatic carbocycles. The van der Waals surface area contributed by atoms with Crippen molar-refractivity contribution < 1.29 is 9.53 Å². The zero-order valence-corrected chi connectivity index (χ0v) is 17.0. The lowest BCUT2D eigenvalue weighted by Crippen LogP contribution is -2.32. The van der Waals surface area contributed by atoms with Crippen molar-refractivity contribution in [3.8, 4) is 5.75 Å². The van der Waals surface area contributed by atoms with Crippen LogP contribution in [-0.2, 0) is 0 Å². The van der Waals surface area contributed by atoms with Crippen molar-refractivity contribution in [2.75, 3.05) is 7.05 Å². The van der Waals surface area contributed by atoms with E-state index in [1.165, 1.54) is 6.20 Å². The SMILES string of the molecule is CC(C)Oc1ccc(Cl)cc1C1NN(C)C=C1NC(=O)c1cnn2cccnc12. The normalized spacial score (nSPS) is 16.4. The third-order valence-electron chi connectivity index (χ3n) is 4.40. The number of aromatic nitrogens is 3. The Labute approximate surface area is 173 Å². The average Bonchev–Trinajstić information content (AvgIpc) is 3.26. The Morgan fingerprint density at radius 2 is 2.21 bits per heavy atom. The molecule has 9 heteroatoms. The molecule has 2 aromatic heterocycles. The molecule has 1 atom stereocenters. The number of amides is 1. The van der Waals surface area contributed by atoms with Gasteiger partial charge in [-0.2, -0.15) is 5.10 Å². The molecule has 0 fully saturated rings. The lowest BCUT2D eigenvalue weighted by molar-refractivity contribution is 0.0964. The fourth-order valence-electron chi connectivity index (χ4n) is 3.23. The van der Waals surface area contributed by atoms with Gasteiger partial charge in [-0.3, -0.25) is 4.79 Å². The van der Waals surface area contributed by atoms with E-state index < -0.39 is 0 Å². The van der Waals surface area contributed by atoms with E-state index in [2.05, 4.69) is 20.8 Å². The fourth-order valence-corrected chi connectivity index (χ4v) is 3.41. The van der Waals surface area contributed by atoms with Crippen molar-refractivity contribution in [1.29, 1.82) is 0 Å². The van der Waals surface area contributed by atoms with Crippen LogP contribution in [0.4, 0.5) is 0 Å². The highest BCUT2D eigenvalue weighted by Crippen LogP contribution is 2.35. The van der Waals surface area contributed by atoms with Crippen molar-refractivity contribution in [3.63, 3.8) is 0 Å². The maximum atomic E-state index is 12.9. The quantitative estimate of drug-likeness (QED) is 0.670. The lowest BCUT2D eigenvalue weighted by Gasteiger charge is -2.22. The van der Waals surface area contributed by atoms with Gasteiger partial charge in [0.1, 0.15) is 11.3 Å². The van der Waals surface area contributed by atoms with Crippen LogP contribution in [0.2, 0.25) is 5.02 Å². The van der Waals surface area contributed by atoms with E-state index in [-0.39, 0.29) is 18.1 Å². The van der Waals surface area contributed by atoms with Gasteiger partial charge in [-0.15, -0.1) is 0 Å². The zero-order chi connectivity index (χ0) is 20.5. The van der Waals surface area contributed by atoms with Crippen molar-refractivity contribution in [3.05, 3.63) is 70.9 Å². The molecule has 3 aromatic rings. The van der Waals surface area contributed by atoms with Gasteiger partial charge in [0.25, 0.3) is 5.91 Å². The molecular weight excluding hydrogens is 392 g/mol. The summed E-state index contributed by atoms with van der Waals surface area (Å²) in [5, 5.41) is 9.53. The Hall–Kier alpha value is -3.10. The molecule has 0 aliphatic carbocycles. The topological polar surface area (TPSA) is 83.8 Å². The molecule has 0 spiro atoms. The number of nitrogens with one attached hydrogen (secondary N) is 2. The number of benzene rings is 1. The molecule has 0 saturated carbocycles. The Kier molecular flexibility index (Phi) is 5.12. The van der Waals surface area contributed by atoms with Gasteiger partial charge >= 0.3 is 0 Å². The predicted molar refractivity (Wildman–Crippen MR) is 109 cm³/mol. The van der Waals surface area contributed by atoms with Gasteiger partial charge in [-0.25, -0.2) is 14.9 Å². The minimum Gasteiger partial charge on any atom is -0.491 e. The van der Waals surface area contributed by atoms with Gasteiger partial charge in [0.05, 0.1) is 24.0 Å². The van der Waals surface area contributed by atoms with Crippen molar-refractivity contribution >= 4 is 23.2 Å². The van der Waals surface area contributed by atoms with Crippen molar-refractivity contribution in [2.45, 2.75) is 26.0 Å². The van der Waals surface area contributed by atoms with E-state index in [4.69, 9.17) is 16.3 Å². The molecule has 29 heavy (non-hydrogen) atoms. The summed E-state index contributed by atoms with van der Waals surface area (Å²) in [7, 11) is 1.86. The molecular formula is C20H21ClN6O2. The highest BCUT2D eigenvalue weighted by molar-refractivity contribution is 6.30. The second kappa shape index (κ2) is 7.73. The summed E-state index contributed by atoms with van der Waals surface area (Å²) in [4.78, 5) is 17.2. The number of hydrazine groups is 1. The summed E-state index contributed by atoms with van der Waals surface area (Å²) in [6, 6.07) is 6.89. The highest BCUT2D eigenvalue weighted by atomic mass is 35.5. The molecule has 0 bridgehead atoms. The Morgan fingerprint density at radius 3 is 3.00 bits per heavy atom. The second-order valence-corrected chi connectivity index (χ2v) is 7.44. The maximum Gasteiger partial charge on any atom is 0.261 e. The van der Waals surface area contributed by atoms with Gasteiger partial charge in [0.15, 0.2) is 5.65 Å². The third-order valence-corrected chi connectivity index (χ3v) is 4.64. The summed E-state index contributed by atoms with van der Waals surface area (Å²) in [5.41, 5.74) is 5.69. The van der Waals surface area contributed by atoms with Crippen molar-refractivity contribution in [2.24, 2.45) is 0 Å². The molecule has 0 radical (unpaired) electrons. The molecule has 1 unspecified atom stereocenters. The van der Waals surface area contributed by atoms with Crippen LogP contribution in [0.25, 0.3) is 5.65 Å². The summed E-state index contributed by atoms with van der Waals surface area (Å²) in [6.07, 6.45) is 6.70. The summed E-state index contributed by atoms with van der Waals surface area (Å²) in [5.74, 6) is 0.412.